The summed E-state index contributed by atoms with van der Waals surface area (Å²) in [6.07, 6.45) is 1.59. The van der Waals surface area contributed by atoms with Crippen LogP contribution in [0.3, 0.4) is 0 Å². The molecular weight excluding hydrogens is 279 g/mol. The second-order valence-electron chi connectivity index (χ2n) is 4.47. The molecule has 2 rings (SSSR count). The van der Waals surface area contributed by atoms with Crippen LogP contribution < -0.4 is 11.3 Å². The van der Waals surface area contributed by atoms with Gasteiger partial charge in [-0.3, -0.25) is 11.3 Å². The zero-order valence-electron chi connectivity index (χ0n) is 10.4. The van der Waals surface area contributed by atoms with Crippen LogP contribution in [0.4, 0.5) is 0 Å². The second-order valence-corrected chi connectivity index (χ2v) is 5.26. The third-order valence-electron chi connectivity index (χ3n) is 3.06. The summed E-state index contributed by atoms with van der Waals surface area (Å²) in [7, 11) is 0. The summed E-state index contributed by atoms with van der Waals surface area (Å²) in [5.41, 5.74) is 5.09. The molecule has 0 aliphatic heterocycles. The summed E-state index contributed by atoms with van der Waals surface area (Å²) in [5, 5.41) is 1.19. The van der Waals surface area contributed by atoms with E-state index < -0.39 is 0 Å². The lowest BCUT2D eigenvalue weighted by Gasteiger charge is -2.17. The van der Waals surface area contributed by atoms with Gasteiger partial charge in [0.15, 0.2) is 0 Å². The van der Waals surface area contributed by atoms with Gasteiger partial charge in [0.05, 0.1) is 10.0 Å². The standard InChI is InChI=1S/C15H16Cl2N2/c16-14-8-4-7-12(15(14)17)10-13(19-18)9-11-5-2-1-3-6-11/h1-8,13,19H,9-10,18H2. The van der Waals surface area contributed by atoms with Gasteiger partial charge in [0.25, 0.3) is 0 Å². The van der Waals surface area contributed by atoms with Crippen molar-refractivity contribution in [2.45, 2.75) is 18.9 Å². The molecule has 0 amide bonds. The molecule has 3 N–H and O–H groups in total. The van der Waals surface area contributed by atoms with E-state index in [1.54, 1.807) is 6.07 Å². The summed E-state index contributed by atoms with van der Waals surface area (Å²) >= 11 is 12.2. The maximum Gasteiger partial charge on any atom is 0.0624 e. The van der Waals surface area contributed by atoms with Crippen molar-refractivity contribution in [3.8, 4) is 0 Å². The number of halogens is 2. The number of rotatable bonds is 5. The molecule has 0 saturated carbocycles. The molecule has 2 aromatic rings. The van der Waals surface area contributed by atoms with E-state index in [1.807, 2.05) is 30.3 Å². The lowest BCUT2D eigenvalue weighted by molar-refractivity contribution is 0.522. The Morgan fingerprint density at radius 3 is 2.37 bits per heavy atom. The predicted molar refractivity (Wildman–Crippen MR) is 81.4 cm³/mol. The maximum atomic E-state index is 6.20. The molecule has 2 aromatic carbocycles. The summed E-state index contributed by atoms with van der Waals surface area (Å²) in [6, 6.07) is 16.0. The van der Waals surface area contributed by atoms with Gasteiger partial charge in [0, 0.05) is 6.04 Å². The van der Waals surface area contributed by atoms with Crippen LogP contribution in [-0.2, 0) is 12.8 Å². The molecule has 0 aliphatic carbocycles. The van der Waals surface area contributed by atoms with Gasteiger partial charge in [-0.2, -0.15) is 0 Å². The van der Waals surface area contributed by atoms with Gasteiger partial charge in [-0.25, -0.2) is 0 Å². The Kier molecular flexibility index (Phi) is 5.23. The Labute approximate surface area is 123 Å². The van der Waals surface area contributed by atoms with E-state index in [1.165, 1.54) is 5.56 Å². The van der Waals surface area contributed by atoms with Gasteiger partial charge in [-0.15, -0.1) is 0 Å². The third-order valence-corrected chi connectivity index (χ3v) is 3.92. The zero-order chi connectivity index (χ0) is 13.7. The first-order valence-electron chi connectivity index (χ1n) is 6.13. The van der Waals surface area contributed by atoms with Gasteiger partial charge in [-0.1, -0.05) is 65.7 Å². The average molecular weight is 295 g/mol. The molecule has 0 saturated heterocycles. The van der Waals surface area contributed by atoms with Gasteiger partial charge in [0.1, 0.15) is 0 Å². The lowest BCUT2D eigenvalue weighted by Crippen LogP contribution is -2.38. The van der Waals surface area contributed by atoms with Crippen LogP contribution in [0.2, 0.25) is 10.0 Å². The van der Waals surface area contributed by atoms with Crippen molar-refractivity contribution in [2.24, 2.45) is 5.84 Å². The highest BCUT2D eigenvalue weighted by atomic mass is 35.5. The Hall–Kier alpha value is -1.06. The molecule has 0 aliphatic rings. The van der Waals surface area contributed by atoms with Crippen LogP contribution in [0.1, 0.15) is 11.1 Å². The topological polar surface area (TPSA) is 38.0 Å². The molecule has 19 heavy (non-hydrogen) atoms. The van der Waals surface area contributed by atoms with Crippen molar-refractivity contribution < 1.29 is 0 Å². The second kappa shape index (κ2) is 6.92. The van der Waals surface area contributed by atoms with Gasteiger partial charge in [0.2, 0.25) is 0 Å². The highest BCUT2D eigenvalue weighted by Crippen LogP contribution is 2.26. The molecule has 100 valence electrons. The van der Waals surface area contributed by atoms with E-state index in [4.69, 9.17) is 29.0 Å². The van der Waals surface area contributed by atoms with E-state index in [0.717, 1.165) is 18.4 Å². The monoisotopic (exact) mass is 294 g/mol. The molecule has 0 aromatic heterocycles. The molecule has 1 unspecified atom stereocenters. The van der Waals surface area contributed by atoms with E-state index in [9.17, 15) is 0 Å². The molecule has 0 radical (unpaired) electrons. The van der Waals surface area contributed by atoms with Crippen LogP contribution in [0.5, 0.6) is 0 Å². The summed E-state index contributed by atoms with van der Waals surface area (Å²) in [6.45, 7) is 0. The van der Waals surface area contributed by atoms with E-state index in [2.05, 4.69) is 17.6 Å². The summed E-state index contributed by atoms with van der Waals surface area (Å²) in [4.78, 5) is 0. The molecular formula is C15H16Cl2N2. The Morgan fingerprint density at radius 2 is 1.68 bits per heavy atom. The fourth-order valence-corrected chi connectivity index (χ4v) is 2.46. The van der Waals surface area contributed by atoms with Crippen molar-refractivity contribution >= 4 is 23.2 Å². The van der Waals surface area contributed by atoms with Crippen LogP contribution in [0.25, 0.3) is 0 Å². The van der Waals surface area contributed by atoms with Crippen molar-refractivity contribution in [3.05, 3.63) is 69.7 Å². The van der Waals surface area contributed by atoms with Crippen molar-refractivity contribution in [1.29, 1.82) is 0 Å². The molecule has 2 nitrogen and oxygen atoms in total. The molecule has 0 heterocycles. The number of hydrazine groups is 1. The number of nitrogens with one attached hydrogen (secondary N) is 1. The van der Waals surface area contributed by atoms with Crippen molar-refractivity contribution in [3.63, 3.8) is 0 Å². The molecule has 4 heteroatoms. The number of hydrogen-bond donors (Lipinski definition) is 2. The van der Waals surface area contributed by atoms with Gasteiger partial charge < -0.3 is 0 Å². The largest absolute Gasteiger partial charge is 0.271 e. The van der Waals surface area contributed by atoms with E-state index in [0.29, 0.717) is 10.0 Å². The Morgan fingerprint density at radius 1 is 0.947 bits per heavy atom. The number of nitrogens with two attached hydrogens (primary N) is 1. The number of benzene rings is 2. The van der Waals surface area contributed by atoms with Gasteiger partial charge in [-0.05, 0) is 30.0 Å². The lowest BCUT2D eigenvalue weighted by atomic mass is 9.99. The SMILES string of the molecule is NNC(Cc1ccccc1)Cc1cccc(Cl)c1Cl. The molecule has 0 spiro atoms. The van der Waals surface area contributed by atoms with Gasteiger partial charge >= 0.3 is 0 Å². The smallest absolute Gasteiger partial charge is 0.0624 e. The third kappa shape index (κ3) is 3.95. The normalized spacial score (nSPS) is 12.4. The van der Waals surface area contributed by atoms with Crippen LogP contribution in [-0.4, -0.2) is 6.04 Å². The quantitative estimate of drug-likeness (QED) is 0.653. The fourth-order valence-electron chi connectivity index (χ4n) is 2.06. The highest BCUT2D eigenvalue weighted by Gasteiger charge is 2.12. The van der Waals surface area contributed by atoms with Crippen LogP contribution >= 0.6 is 23.2 Å². The van der Waals surface area contributed by atoms with E-state index in [-0.39, 0.29) is 6.04 Å². The first-order valence-corrected chi connectivity index (χ1v) is 6.89. The van der Waals surface area contributed by atoms with E-state index >= 15 is 0 Å². The number of hydrogen-bond acceptors (Lipinski definition) is 2. The highest BCUT2D eigenvalue weighted by molar-refractivity contribution is 6.42. The average Bonchev–Trinajstić information content (AvgIpc) is 2.44. The minimum absolute atomic E-state index is 0.123. The molecule has 0 bridgehead atoms. The Bertz CT molecular complexity index is 529. The Balaban J connectivity index is 2.09. The van der Waals surface area contributed by atoms with Crippen LogP contribution in [0.15, 0.2) is 48.5 Å². The minimum Gasteiger partial charge on any atom is -0.271 e. The summed E-state index contributed by atoms with van der Waals surface area (Å²) < 4.78 is 0. The van der Waals surface area contributed by atoms with Crippen LogP contribution in [0, 0.1) is 0 Å². The maximum absolute atomic E-state index is 6.20. The summed E-state index contributed by atoms with van der Waals surface area (Å²) in [5.74, 6) is 5.63. The minimum atomic E-state index is 0.123. The first-order chi connectivity index (χ1) is 9.20. The predicted octanol–water partition coefficient (Wildman–Crippen LogP) is 3.61. The molecule has 1 atom stereocenters. The fraction of sp³-hybridized carbons (Fsp3) is 0.200. The van der Waals surface area contributed by atoms with Crippen molar-refractivity contribution in [2.75, 3.05) is 0 Å². The van der Waals surface area contributed by atoms with Crippen molar-refractivity contribution in [1.82, 2.24) is 5.43 Å². The molecule has 0 fully saturated rings. The zero-order valence-corrected chi connectivity index (χ0v) is 12.0. The first kappa shape index (κ1) is 14.4.